The van der Waals surface area contributed by atoms with Crippen molar-refractivity contribution in [2.45, 2.75) is 20.0 Å². The molecule has 18 heavy (non-hydrogen) atoms. The molecule has 0 radical (unpaired) electrons. The summed E-state index contributed by atoms with van der Waals surface area (Å²) in [6.45, 7) is 2.55. The molecule has 0 unspecified atom stereocenters. The van der Waals surface area contributed by atoms with E-state index < -0.39 is 5.82 Å². The third kappa shape index (κ3) is 4.00. The van der Waals surface area contributed by atoms with Crippen LogP contribution in [0, 0.1) is 5.82 Å². The zero-order valence-corrected chi connectivity index (χ0v) is 10.7. The van der Waals surface area contributed by atoms with Crippen molar-refractivity contribution in [3.63, 3.8) is 0 Å². The molecule has 100 valence electrons. The third-order valence-corrected chi connectivity index (χ3v) is 2.58. The predicted octanol–water partition coefficient (Wildman–Crippen LogP) is 1.28. The molecule has 0 saturated heterocycles. The lowest BCUT2D eigenvalue weighted by atomic mass is 10.1. The fourth-order valence-electron chi connectivity index (χ4n) is 1.67. The van der Waals surface area contributed by atoms with Gasteiger partial charge in [0.05, 0.1) is 13.2 Å². The SMILES string of the molecule is CCCNC(=O)CN(C)c1ccc(F)cc1CO. The number of aliphatic hydroxyl groups is 1. The van der Waals surface area contributed by atoms with Gasteiger partial charge in [0.1, 0.15) is 5.82 Å². The van der Waals surface area contributed by atoms with Gasteiger partial charge in [-0.25, -0.2) is 4.39 Å². The van der Waals surface area contributed by atoms with Gasteiger partial charge in [0.15, 0.2) is 0 Å². The van der Waals surface area contributed by atoms with E-state index in [9.17, 15) is 14.3 Å². The van der Waals surface area contributed by atoms with Crippen LogP contribution in [0.4, 0.5) is 10.1 Å². The quantitative estimate of drug-likeness (QED) is 0.804. The molecular formula is C13H19FN2O2. The molecule has 0 aliphatic heterocycles. The molecule has 1 aromatic rings. The van der Waals surface area contributed by atoms with Crippen LogP contribution in [0.15, 0.2) is 18.2 Å². The van der Waals surface area contributed by atoms with Crippen molar-refractivity contribution in [1.82, 2.24) is 5.32 Å². The summed E-state index contributed by atoms with van der Waals surface area (Å²) >= 11 is 0. The van der Waals surface area contributed by atoms with E-state index in [1.165, 1.54) is 12.1 Å². The van der Waals surface area contributed by atoms with Crippen molar-refractivity contribution >= 4 is 11.6 Å². The molecule has 0 spiro atoms. The molecule has 0 aliphatic carbocycles. The van der Waals surface area contributed by atoms with E-state index in [-0.39, 0.29) is 19.1 Å². The van der Waals surface area contributed by atoms with Crippen LogP contribution in [0.3, 0.4) is 0 Å². The van der Waals surface area contributed by atoms with Crippen molar-refractivity contribution in [2.75, 3.05) is 25.0 Å². The Morgan fingerprint density at radius 1 is 1.50 bits per heavy atom. The van der Waals surface area contributed by atoms with Gasteiger partial charge in [-0.1, -0.05) is 6.92 Å². The maximum Gasteiger partial charge on any atom is 0.239 e. The van der Waals surface area contributed by atoms with Crippen LogP contribution in [0.5, 0.6) is 0 Å². The van der Waals surface area contributed by atoms with Crippen LogP contribution in [-0.4, -0.2) is 31.2 Å². The Balaban J connectivity index is 2.71. The Labute approximate surface area is 106 Å². The highest BCUT2D eigenvalue weighted by molar-refractivity contribution is 5.81. The van der Waals surface area contributed by atoms with Crippen molar-refractivity contribution in [2.24, 2.45) is 0 Å². The largest absolute Gasteiger partial charge is 0.392 e. The topological polar surface area (TPSA) is 52.6 Å². The summed E-state index contributed by atoms with van der Waals surface area (Å²) in [4.78, 5) is 13.3. The van der Waals surface area contributed by atoms with E-state index in [4.69, 9.17) is 0 Å². The maximum absolute atomic E-state index is 13.0. The Morgan fingerprint density at radius 2 is 2.22 bits per heavy atom. The first-order valence-electron chi connectivity index (χ1n) is 5.95. The smallest absolute Gasteiger partial charge is 0.239 e. The van der Waals surface area contributed by atoms with Gasteiger partial charge in [0.25, 0.3) is 0 Å². The maximum atomic E-state index is 13.0. The average molecular weight is 254 g/mol. The normalized spacial score (nSPS) is 10.2. The van der Waals surface area contributed by atoms with Crippen LogP contribution < -0.4 is 10.2 Å². The molecule has 1 rings (SSSR count). The van der Waals surface area contributed by atoms with E-state index >= 15 is 0 Å². The highest BCUT2D eigenvalue weighted by Gasteiger charge is 2.11. The lowest BCUT2D eigenvalue weighted by Crippen LogP contribution is -2.35. The molecule has 0 bridgehead atoms. The fourth-order valence-corrected chi connectivity index (χ4v) is 1.67. The standard InChI is InChI=1S/C13H19FN2O2/c1-3-6-15-13(18)8-16(2)12-5-4-11(14)7-10(12)9-17/h4-5,7,17H,3,6,8-9H2,1-2H3,(H,15,18). The highest BCUT2D eigenvalue weighted by Crippen LogP contribution is 2.20. The highest BCUT2D eigenvalue weighted by atomic mass is 19.1. The van der Waals surface area contributed by atoms with Gasteiger partial charge in [0, 0.05) is 24.8 Å². The van der Waals surface area contributed by atoms with Gasteiger partial charge in [-0.3, -0.25) is 4.79 Å². The lowest BCUT2D eigenvalue weighted by molar-refractivity contribution is -0.119. The van der Waals surface area contributed by atoms with Crippen molar-refractivity contribution in [1.29, 1.82) is 0 Å². The van der Waals surface area contributed by atoms with E-state index in [2.05, 4.69) is 5.32 Å². The number of amides is 1. The predicted molar refractivity (Wildman–Crippen MR) is 68.9 cm³/mol. The summed E-state index contributed by atoms with van der Waals surface area (Å²) in [5.74, 6) is -0.487. The molecular weight excluding hydrogens is 235 g/mol. The molecule has 0 fully saturated rings. The van der Waals surface area contributed by atoms with Gasteiger partial charge >= 0.3 is 0 Å². The minimum absolute atomic E-state index is 0.0902. The zero-order chi connectivity index (χ0) is 13.5. The fraction of sp³-hybridized carbons (Fsp3) is 0.462. The van der Waals surface area contributed by atoms with Crippen LogP contribution >= 0.6 is 0 Å². The van der Waals surface area contributed by atoms with Crippen LogP contribution in [-0.2, 0) is 11.4 Å². The third-order valence-electron chi connectivity index (χ3n) is 2.58. The summed E-state index contributed by atoms with van der Waals surface area (Å²) in [6, 6.07) is 4.15. The molecule has 0 aliphatic rings. The Kier molecular flexibility index (Phi) is 5.58. The van der Waals surface area contributed by atoms with E-state index in [1.54, 1.807) is 18.0 Å². The summed E-state index contributed by atoms with van der Waals surface area (Å²) < 4.78 is 13.0. The number of halogens is 1. The summed E-state index contributed by atoms with van der Waals surface area (Å²) in [5.41, 5.74) is 1.13. The number of anilines is 1. The molecule has 5 heteroatoms. The number of nitrogens with zero attached hydrogens (tertiary/aromatic N) is 1. The van der Waals surface area contributed by atoms with Crippen molar-refractivity contribution < 1.29 is 14.3 Å². The van der Waals surface area contributed by atoms with E-state index in [0.29, 0.717) is 17.8 Å². The number of nitrogens with one attached hydrogen (secondary N) is 1. The van der Waals surface area contributed by atoms with E-state index in [1.807, 2.05) is 6.92 Å². The monoisotopic (exact) mass is 254 g/mol. The first-order valence-corrected chi connectivity index (χ1v) is 5.95. The number of hydrogen-bond acceptors (Lipinski definition) is 3. The molecule has 0 atom stereocenters. The zero-order valence-electron chi connectivity index (χ0n) is 10.7. The second-order valence-electron chi connectivity index (χ2n) is 4.14. The minimum atomic E-state index is -0.397. The number of likely N-dealkylation sites (N-methyl/N-ethyl adjacent to an activating group) is 1. The Bertz CT molecular complexity index is 410. The average Bonchev–Trinajstić information content (AvgIpc) is 2.35. The van der Waals surface area contributed by atoms with E-state index in [0.717, 1.165) is 6.42 Å². The number of carbonyl (C=O) groups is 1. The number of carbonyl (C=O) groups excluding carboxylic acids is 1. The molecule has 0 saturated carbocycles. The van der Waals surface area contributed by atoms with Crippen LogP contribution in [0.1, 0.15) is 18.9 Å². The lowest BCUT2D eigenvalue weighted by Gasteiger charge is -2.21. The molecule has 4 nitrogen and oxygen atoms in total. The first kappa shape index (κ1) is 14.4. The number of hydrogen-bond donors (Lipinski definition) is 2. The Hall–Kier alpha value is -1.62. The first-order chi connectivity index (χ1) is 8.58. The molecule has 2 N–H and O–H groups in total. The second-order valence-corrected chi connectivity index (χ2v) is 4.14. The summed E-state index contributed by atoms with van der Waals surface area (Å²) in [7, 11) is 1.73. The number of aliphatic hydroxyl groups excluding tert-OH is 1. The number of rotatable bonds is 6. The minimum Gasteiger partial charge on any atom is -0.392 e. The molecule has 1 aromatic carbocycles. The summed E-state index contributed by atoms with van der Waals surface area (Å²) in [5, 5.41) is 11.9. The number of benzene rings is 1. The van der Waals surface area contributed by atoms with Gasteiger partial charge in [-0.05, 0) is 24.6 Å². The van der Waals surface area contributed by atoms with Gasteiger partial charge in [-0.15, -0.1) is 0 Å². The van der Waals surface area contributed by atoms with Gasteiger partial charge in [0.2, 0.25) is 5.91 Å². The molecule has 1 amide bonds. The Morgan fingerprint density at radius 3 is 2.83 bits per heavy atom. The van der Waals surface area contributed by atoms with Crippen molar-refractivity contribution in [3.05, 3.63) is 29.6 Å². The van der Waals surface area contributed by atoms with Gasteiger partial charge in [-0.2, -0.15) is 0 Å². The second kappa shape index (κ2) is 6.96. The molecule has 0 aromatic heterocycles. The van der Waals surface area contributed by atoms with Crippen molar-refractivity contribution in [3.8, 4) is 0 Å². The molecule has 0 heterocycles. The summed E-state index contributed by atoms with van der Waals surface area (Å²) in [6.07, 6.45) is 0.883. The van der Waals surface area contributed by atoms with Crippen LogP contribution in [0.2, 0.25) is 0 Å². The van der Waals surface area contributed by atoms with Crippen LogP contribution in [0.25, 0.3) is 0 Å². The van der Waals surface area contributed by atoms with Gasteiger partial charge < -0.3 is 15.3 Å².